The molecule has 2 aromatic rings. The van der Waals surface area contributed by atoms with Crippen LogP contribution in [0.5, 0.6) is 0 Å². The highest BCUT2D eigenvalue weighted by Crippen LogP contribution is 2.30. The maximum absolute atomic E-state index is 12.5. The first-order valence-corrected chi connectivity index (χ1v) is 7.80. The minimum Gasteiger partial charge on any atom is -0.463 e. The Labute approximate surface area is 128 Å². The fourth-order valence-electron chi connectivity index (χ4n) is 2.76. The first kappa shape index (κ1) is 13.6. The van der Waals surface area contributed by atoms with Crippen molar-refractivity contribution in [3.05, 3.63) is 30.2 Å². The summed E-state index contributed by atoms with van der Waals surface area (Å²) in [5.74, 6) is 1.39. The summed E-state index contributed by atoms with van der Waals surface area (Å²) in [6.45, 7) is 2.24. The van der Waals surface area contributed by atoms with Crippen LogP contribution in [-0.4, -0.2) is 46.8 Å². The molecule has 2 fully saturated rings. The van der Waals surface area contributed by atoms with Gasteiger partial charge in [-0.3, -0.25) is 9.89 Å². The fourth-order valence-corrected chi connectivity index (χ4v) is 2.76. The van der Waals surface area contributed by atoms with Gasteiger partial charge in [0.25, 0.3) is 5.91 Å². The van der Waals surface area contributed by atoms with E-state index in [4.69, 9.17) is 9.15 Å². The van der Waals surface area contributed by atoms with E-state index in [1.807, 2.05) is 11.0 Å². The third kappa shape index (κ3) is 2.78. The van der Waals surface area contributed by atoms with Crippen LogP contribution in [-0.2, 0) is 4.74 Å². The molecule has 22 heavy (non-hydrogen) atoms. The van der Waals surface area contributed by atoms with E-state index in [0.29, 0.717) is 23.7 Å². The zero-order valence-electron chi connectivity index (χ0n) is 12.3. The third-order valence-corrected chi connectivity index (χ3v) is 4.28. The van der Waals surface area contributed by atoms with Crippen molar-refractivity contribution < 1.29 is 13.9 Å². The molecular formula is C16H19N3O3. The summed E-state index contributed by atoms with van der Waals surface area (Å²) in [5.41, 5.74) is 1.14. The predicted octanol–water partition coefficient (Wildman–Crippen LogP) is 2.31. The lowest BCUT2D eigenvalue weighted by Crippen LogP contribution is -2.30. The van der Waals surface area contributed by atoms with Crippen LogP contribution in [0.25, 0.3) is 11.5 Å². The molecule has 4 rings (SSSR count). The highest BCUT2D eigenvalue weighted by atomic mass is 16.5. The predicted molar refractivity (Wildman–Crippen MR) is 79.3 cm³/mol. The van der Waals surface area contributed by atoms with Crippen LogP contribution < -0.4 is 0 Å². The average Bonchev–Trinajstić information content (AvgIpc) is 3.01. The molecule has 6 heteroatoms. The molecule has 1 unspecified atom stereocenters. The molecule has 2 aromatic heterocycles. The molecule has 1 atom stereocenters. The molecule has 1 saturated carbocycles. The van der Waals surface area contributed by atoms with Crippen molar-refractivity contribution in [3.63, 3.8) is 0 Å². The SMILES string of the molecule is O=C(c1cc(-c2ccco2)[nH]n1)N1CCC(OCC2CC2)C1. The Morgan fingerprint density at radius 3 is 3.14 bits per heavy atom. The van der Waals surface area contributed by atoms with Crippen molar-refractivity contribution in [2.75, 3.05) is 19.7 Å². The van der Waals surface area contributed by atoms with Crippen molar-refractivity contribution in [2.45, 2.75) is 25.4 Å². The number of hydrogen-bond donors (Lipinski definition) is 1. The van der Waals surface area contributed by atoms with Gasteiger partial charge < -0.3 is 14.1 Å². The molecular weight excluding hydrogens is 282 g/mol. The van der Waals surface area contributed by atoms with Crippen LogP contribution in [0.1, 0.15) is 29.8 Å². The molecule has 2 aliphatic rings. The van der Waals surface area contributed by atoms with E-state index >= 15 is 0 Å². The molecule has 0 bridgehead atoms. The fraction of sp³-hybridized carbons (Fsp3) is 0.500. The van der Waals surface area contributed by atoms with Gasteiger partial charge in [0.2, 0.25) is 0 Å². The van der Waals surface area contributed by atoms with E-state index in [1.165, 1.54) is 12.8 Å². The summed E-state index contributed by atoms with van der Waals surface area (Å²) in [7, 11) is 0. The van der Waals surface area contributed by atoms with E-state index in [0.717, 1.165) is 25.5 Å². The second-order valence-electron chi connectivity index (χ2n) is 6.08. The first-order chi connectivity index (χ1) is 10.8. The highest BCUT2D eigenvalue weighted by molar-refractivity contribution is 5.93. The van der Waals surface area contributed by atoms with E-state index in [9.17, 15) is 4.79 Å². The van der Waals surface area contributed by atoms with Crippen molar-refractivity contribution in [2.24, 2.45) is 5.92 Å². The van der Waals surface area contributed by atoms with Crippen LogP contribution in [0.3, 0.4) is 0 Å². The van der Waals surface area contributed by atoms with Crippen molar-refractivity contribution in [1.82, 2.24) is 15.1 Å². The van der Waals surface area contributed by atoms with Gasteiger partial charge in [0, 0.05) is 25.8 Å². The number of aromatic amines is 1. The van der Waals surface area contributed by atoms with Crippen molar-refractivity contribution in [1.29, 1.82) is 0 Å². The summed E-state index contributed by atoms with van der Waals surface area (Å²) in [6.07, 6.45) is 5.26. The van der Waals surface area contributed by atoms with Crippen LogP contribution in [0, 0.1) is 5.92 Å². The van der Waals surface area contributed by atoms with Crippen LogP contribution in [0.4, 0.5) is 0 Å². The maximum atomic E-state index is 12.5. The quantitative estimate of drug-likeness (QED) is 0.920. The lowest BCUT2D eigenvalue weighted by Gasteiger charge is -2.15. The Kier molecular flexibility index (Phi) is 3.46. The number of hydrogen-bond acceptors (Lipinski definition) is 4. The Bertz CT molecular complexity index is 645. The molecule has 1 N–H and O–H groups in total. The van der Waals surface area contributed by atoms with Crippen molar-refractivity contribution in [3.8, 4) is 11.5 Å². The molecule has 0 radical (unpaired) electrons. The molecule has 0 aromatic carbocycles. The van der Waals surface area contributed by atoms with Crippen LogP contribution in [0.15, 0.2) is 28.9 Å². The lowest BCUT2D eigenvalue weighted by molar-refractivity contribution is 0.0479. The van der Waals surface area contributed by atoms with E-state index in [-0.39, 0.29) is 12.0 Å². The van der Waals surface area contributed by atoms with Gasteiger partial charge in [-0.15, -0.1) is 0 Å². The number of likely N-dealkylation sites (tertiary alicyclic amines) is 1. The summed E-state index contributed by atoms with van der Waals surface area (Å²) in [4.78, 5) is 14.3. The molecule has 1 aliphatic heterocycles. The Hall–Kier alpha value is -2.08. The van der Waals surface area contributed by atoms with Gasteiger partial charge in [-0.1, -0.05) is 0 Å². The third-order valence-electron chi connectivity index (χ3n) is 4.28. The van der Waals surface area contributed by atoms with Gasteiger partial charge in [0.1, 0.15) is 5.69 Å². The number of aromatic nitrogens is 2. The van der Waals surface area contributed by atoms with E-state index in [1.54, 1.807) is 18.4 Å². The summed E-state index contributed by atoms with van der Waals surface area (Å²) < 4.78 is 11.2. The van der Waals surface area contributed by atoms with Gasteiger partial charge in [-0.05, 0) is 37.3 Å². The number of furan rings is 1. The monoisotopic (exact) mass is 301 g/mol. The van der Waals surface area contributed by atoms with Gasteiger partial charge in [-0.25, -0.2) is 0 Å². The molecule has 3 heterocycles. The number of amides is 1. The smallest absolute Gasteiger partial charge is 0.274 e. The molecule has 1 saturated heterocycles. The normalized spacial score (nSPS) is 21.5. The van der Waals surface area contributed by atoms with Crippen LogP contribution in [0.2, 0.25) is 0 Å². The number of carbonyl (C=O) groups is 1. The number of nitrogens with one attached hydrogen (secondary N) is 1. The average molecular weight is 301 g/mol. The second-order valence-corrected chi connectivity index (χ2v) is 6.08. The summed E-state index contributed by atoms with van der Waals surface area (Å²) >= 11 is 0. The molecule has 1 aliphatic carbocycles. The number of nitrogens with zero attached hydrogens (tertiary/aromatic N) is 2. The second kappa shape index (κ2) is 5.61. The number of rotatable bonds is 5. The number of carbonyl (C=O) groups excluding carboxylic acids is 1. The topological polar surface area (TPSA) is 71.4 Å². The van der Waals surface area contributed by atoms with E-state index < -0.39 is 0 Å². The zero-order valence-corrected chi connectivity index (χ0v) is 12.3. The van der Waals surface area contributed by atoms with Gasteiger partial charge in [0.05, 0.1) is 12.4 Å². The van der Waals surface area contributed by atoms with Gasteiger partial charge in [-0.2, -0.15) is 5.10 Å². The van der Waals surface area contributed by atoms with E-state index in [2.05, 4.69) is 10.2 Å². The minimum atomic E-state index is -0.0495. The maximum Gasteiger partial charge on any atom is 0.274 e. The first-order valence-electron chi connectivity index (χ1n) is 7.80. The number of H-pyrrole nitrogens is 1. The summed E-state index contributed by atoms with van der Waals surface area (Å²) in [6, 6.07) is 5.37. The van der Waals surface area contributed by atoms with Gasteiger partial charge in [0.15, 0.2) is 11.5 Å². The standard InChI is InChI=1S/C16H19N3O3/c20-16(14-8-13(17-18-14)15-2-1-7-21-15)19-6-5-12(9-19)22-10-11-3-4-11/h1-2,7-8,11-12H,3-6,9-10H2,(H,17,18). The molecule has 6 nitrogen and oxygen atoms in total. The highest BCUT2D eigenvalue weighted by Gasteiger charge is 2.30. The van der Waals surface area contributed by atoms with Crippen LogP contribution >= 0.6 is 0 Å². The molecule has 0 spiro atoms. The summed E-state index contributed by atoms with van der Waals surface area (Å²) in [5, 5.41) is 6.96. The van der Waals surface area contributed by atoms with Gasteiger partial charge >= 0.3 is 0 Å². The Morgan fingerprint density at radius 2 is 2.36 bits per heavy atom. The molecule has 1 amide bonds. The molecule has 116 valence electrons. The Balaban J connectivity index is 1.37. The number of ether oxygens (including phenoxy) is 1. The zero-order chi connectivity index (χ0) is 14.9. The Morgan fingerprint density at radius 1 is 1.45 bits per heavy atom. The largest absolute Gasteiger partial charge is 0.463 e. The lowest BCUT2D eigenvalue weighted by atomic mass is 10.3. The minimum absolute atomic E-state index is 0.0495. The van der Waals surface area contributed by atoms with Crippen molar-refractivity contribution >= 4 is 5.91 Å².